The molecule has 32 heavy (non-hydrogen) atoms. The van der Waals surface area contributed by atoms with Crippen molar-refractivity contribution in [1.29, 1.82) is 0 Å². The first-order valence-corrected chi connectivity index (χ1v) is 10.4. The molecule has 0 atom stereocenters. The molecule has 2 N–H and O–H groups in total. The van der Waals surface area contributed by atoms with Gasteiger partial charge >= 0.3 is 0 Å². The maximum Gasteiger partial charge on any atom is 0.226 e. The zero-order chi connectivity index (χ0) is 22.8. The van der Waals surface area contributed by atoms with E-state index in [9.17, 15) is 4.79 Å². The summed E-state index contributed by atoms with van der Waals surface area (Å²) in [6, 6.07) is 11.4. The molecule has 0 aromatic heterocycles. The topological polar surface area (TPSA) is 75.2 Å². The van der Waals surface area contributed by atoms with Crippen molar-refractivity contribution in [2.75, 3.05) is 46.7 Å². The van der Waals surface area contributed by atoms with Crippen molar-refractivity contribution in [2.45, 2.75) is 19.8 Å². The summed E-state index contributed by atoms with van der Waals surface area (Å²) in [4.78, 5) is 18.5. The predicted molar refractivity (Wildman–Crippen MR) is 142 cm³/mol. The Bertz CT molecular complexity index is 924. The van der Waals surface area contributed by atoms with Crippen LogP contribution in [0.15, 0.2) is 41.4 Å². The Labute approximate surface area is 212 Å². The average Bonchev–Trinajstić information content (AvgIpc) is 2.76. The van der Waals surface area contributed by atoms with E-state index in [1.165, 1.54) is 0 Å². The number of anilines is 1. The van der Waals surface area contributed by atoms with Crippen LogP contribution in [0.1, 0.15) is 17.5 Å². The van der Waals surface area contributed by atoms with E-state index in [1.807, 2.05) is 55.3 Å². The molecular formula is C23H32ClIN4O3. The highest BCUT2D eigenvalue weighted by Crippen LogP contribution is 2.27. The molecule has 0 aliphatic carbocycles. The molecule has 0 saturated carbocycles. The molecule has 9 heteroatoms. The highest BCUT2D eigenvalue weighted by molar-refractivity contribution is 14.0. The number of benzene rings is 2. The van der Waals surface area contributed by atoms with E-state index < -0.39 is 0 Å². The molecule has 176 valence electrons. The van der Waals surface area contributed by atoms with Crippen molar-refractivity contribution < 1.29 is 14.3 Å². The number of nitrogens with one attached hydrogen (secondary N) is 2. The Balaban J connectivity index is 0.00000512. The molecule has 0 saturated heterocycles. The number of hydrogen-bond donors (Lipinski definition) is 2. The zero-order valence-corrected chi connectivity index (χ0v) is 22.3. The summed E-state index contributed by atoms with van der Waals surface area (Å²) in [5.41, 5.74) is 2.80. The van der Waals surface area contributed by atoms with Crippen molar-refractivity contribution in [3.05, 3.63) is 52.5 Å². The third kappa shape index (κ3) is 8.38. The van der Waals surface area contributed by atoms with Gasteiger partial charge in [0.25, 0.3) is 0 Å². The first-order valence-electron chi connectivity index (χ1n) is 10.1. The van der Waals surface area contributed by atoms with Crippen molar-refractivity contribution >= 4 is 53.1 Å². The van der Waals surface area contributed by atoms with Crippen LogP contribution < -0.4 is 20.1 Å². The van der Waals surface area contributed by atoms with Crippen LogP contribution in [-0.4, -0.2) is 58.2 Å². The molecule has 2 rings (SSSR count). The van der Waals surface area contributed by atoms with Gasteiger partial charge in [-0.3, -0.25) is 9.79 Å². The highest BCUT2D eigenvalue weighted by atomic mass is 127. The van der Waals surface area contributed by atoms with E-state index >= 15 is 0 Å². The van der Waals surface area contributed by atoms with Gasteiger partial charge in [0.05, 0.1) is 24.9 Å². The average molecular weight is 575 g/mol. The lowest BCUT2D eigenvalue weighted by molar-refractivity contribution is -0.116. The Morgan fingerprint density at radius 2 is 1.84 bits per heavy atom. The van der Waals surface area contributed by atoms with Crippen LogP contribution in [0.5, 0.6) is 11.5 Å². The normalized spacial score (nSPS) is 10.8. The molecule has 2 aromatic rings. The van der Waals surface area contributed by atoms with Crippen LogP contribution >= 0.6 is 35.6 Å². The van der Waals surface area contributed by atoms with Crippen LogP contribution in [-0.2, 0) is 11.2 Å². The number of nitrogens with zero attached hydrogens (tertiary/aromatic N) is 2. The van der Waals surface area contributed by atoms with Gasteiger partial charge in [0, 0.05) is 33.6 Å². The van der Waals surface area contributed by atoms with Gasteiger partial charge in [-0.15, -0.1) is 24.0 Å². The van der Waals surface area contributed by atoms with Gasteiger partial charge in [-0.1, -0.05) is 23.7 Å². The molecule has 7 nitrogen and oxygen atoms in total. The summed E-state index contributed by atoms with van der Waals surface area (Å²) >= 11 is 6.17. The van der Waals surface area contributed by atoms with Gasteiger partial charge in [0.1, 0.15) is 0 Å². The van der Waals surface area contributed by atoms with E-state index in [2.05, 4.69) is 15.6 Å². The van der Waals surface area contributed by atoms with E-state index in [0.29, 0.717) is 35.2 Å². The van der Waals surface area contributed by atoms with Crippen LogP contribution in [0.3, 0.4) is 0 Å². The summed E-state index contributed by atoms with van der Waals surface area (Å²) in [6.45, 7) is 3.16. The molecule has 0 bridgehead atoms. The molecule has 0 aliphatic heterocycles. The van der Waals surface area contributed by atoms with Gasteiger partial charge in [-0.25, -0.2) is 0 Å². The second-order valence-corrected chi connectivity index (χ2v) is 7.52. The van der Waals surface area contributed by atoms with Gasteiger partial charge in [-0.2, -0.15) is 0 Å². The number of carbonyl (C=O) groups is 1. The zero-order valence-electron chi connectivity index (χ0n) is 19.2. The largest absolute Gasteiger partial charge is 0.493 e. The fourth-order valence-electron chi connectivity index (χ4n) is 3.05. The van der Waals surface area contributed by atoms with E-state index in [0.717, 1.165) is 30.1 Å². The number of halogens is 2. The lowest BCUT2D eigenvalue weighted by atomic mass is 10.1. The van der Waals surface area contributed by atoms with E-state index in [1.54, 1.807) is 21.3 Å². The van der Waals surface area contributed by atoms with Crippen LogP contribution in [0, 0.1) is 6.92 Å². The second-order valence-electron chi connectivity index (χ2n) is 7.12. The van der Waals surface area contributed by atoms with Crippen LogP contribution in [0.2, 0.25) is 5.02 Å². The van der Waals surface area contributed by atoms with Crippen molar-refractivity contribution in [1.82, 2.24) is 10.2 Å². The van der Waals surface area contributed by atoms with Gasteiger partial charge in [0.2, 0.25) is 5.91 Å². The molecule has 2 aromatic carbocycles. The Morgan fingerprint density at radius 1 is 1.12 bits per heavy atom. The molecule has 0 unspecified atom stereocenters. The molecule has 0 aliphatic rings. The smallest absolute Gasteiger partial charge is 0.226 e. The molecular weight excluding hydrogens is 543 g/mol. The monoisotopic (exact) mass is 574 g/mol. The van der Waals surface area contributed by atoms with Crippen molar-refractivity contribution in [3.63, 3.8) is 0 Å². The number of aliphatic imine (C=N–C) groups is 1. The minimum absolute atomic E-state index is 0. The Morgan fingerprint density at radius 3 is 2.47 bits per heavy atom. The molecule has 0 spiro atoms. The summed E-state index contributed by atoms with van der Waals surface area (Å²) in [5, 5.41) is 6.60. The lowest BCUT2D eigenvalue weighted by Crippen LogP contribution is -2.41. The first kappa shape index (κ1) is 27.8. The fraction of sp³-hybridized carbons (Fsp3) is 0.391. The molecule has 1 amide bonds. The fourth-order valence-corrected chi connectivity index (χ4v) is 3.33. The number of rotatable bonds is 9. The van der Waals surface area contributed by atoms with Crippen molar-refractivity contribution in [2.24, 2.45) is 4.99 Å². The second kappa shape index (κ2) is 14.1. The Hall–Kier alpha value is -2.20. The number of hydrogen-bond acceptors (Lipinski definition) is 4. The van der Waals surface area contributed by atoms with Gasteiger partial charge in [0.15, 0.2) is 17.5 Å². The van der Waals surface area contributed by atoms with Gasteiger partial charge < -0.3 is 25.0 Å². The number of likely N-dealkylation sites (N-methyl/N-ethyl adjacent to an activating group) is 1. The number of aryl methyl sites for hydroxylation is 1. The molecule has 0 radical (unpaired) electrons. The minimum atomic E-state index is -0.110. The highest BCUT2D eigenvalue weighted by Gasteiger charge is 2.10. The SMILES string of the molecule is CN=C(NCCC(=O)Nc1ccc(C)cc1Cl)N(C)CCc1ccc(OC)c(OC)c1.I. The number of ether oxygens (including phenoxy) is 2. The quantitative estimate of drug-likeness (QED) is 0.265. The van der Waals surface area contributed by atoms with E-state index in [4.69, 9.17) is 21.1 Å². The number of methoxy groups -OCH3 is 2. The maximum absolute atomic E-state index is 12.2. The van der Waals surface area contributed by atoms with Gasteiger partial charge in [-0.05, 0) is 48.7 Å². The minimum Gasteiger partial charge on any atom is -0.493 e. The molecule has 0 fully saturated rings. The van der Waals surface area contributed by atoms with Crippen LogP contribution in [0.4, 0.5) is 5.69 Å². The number of guanidine groups is 1. The summed E-state index contributed by atoms with van der Waals surface area (Å²) in [5.74, 6) is 2.04. The third-order valence-corrected chi connectivity index (χ3v) is 5.10. The first-order chi connectivity index (χ1) is 14.9. The number of carbonyl (C=O) groups excluding carboxylic acids is 1. The maximum atomic E-state index is 12.2. The standard InChI is InChI=1S/C23H31ClN4O3.HI/c1-16-6-8-19(18(24)14-16)27-22(29)10-12-26-23(25-2)28(3)13-11-17-7-9-20(30-4)21(15-17)31-5;/h6-9,14-15H,10-13H2,1-5H3,(H,25,26)(H,27,29);1H. The predicted octanol–water partition coefficient (Wildman–Crippen LogP) is 4.36. The third-order valence-electron chi connectivity index (χ3n) is 4.79. The Kier molecular flexibility index (Phi) is 12.2. The molecule has 0 heterocycles. The summed E-state index contributed by atoms with van der Waals surface area (Å²) in [6.07, 6.45) is 1.11. The van der Waals surface area contributed by atoms with E-state index in [-0.39, 0.29) is 29.9 Å². The number of amides is 1. The summed E-state index contributed by atoms with van der Waals surface area (Å²) < 4.78 is 10.6. The van der Waals surface area contributed by atoms with Crippen LogP contribution in [0.25, 0.3) is 0 Å². The van der Waals surface area contributed by atoms with Crippen molar-refractivity contribution in [3.8, 4) is 11.5 Å². The lowest BCUT2D eigenvalue weighted by Gasteiger charge is -2.22. The summed E-state index contributed by atoms with van der Waals surface area (Å²) in [7, 11) is 6.93.